The molecule has 2 amide bonds. The predicted octanol–water partition coefficient (Wildman–Crippen LogP) is 2.12. The summed E-state index contributed by atoms with van der Waals surface area (Å²) >= 11 is 1.45. The van der Waals surface area contributed by atoms with Gasteiger partial charge in [-0.15, -0.1) is 11.3 Å². The fourth-order valence-corrected chi connectivity index (χ4v) is 2.11. The molecule has 0 aromatic carbocycles. The van der Waals surface area contributed by atoms with Crippen molar-refractivity contribution in [1.82, 2.24) is 15.3 Å². The number of nitrogens with one attached hydrogen (secondary N) is 2. The molecule has 7 nitrogen and oxygen atoms in total. The van der Waals surface area contributed by atoms with Crippen LogP contribution in [-0.4, -0.2) is 27.1 Å². The molecular formula is C12H12N4O3S. The van der Waals surface area contributed by atoms with Crippen molar-refractivity contribution in [1.29, 1.82) is 0 Å². The second-order valence-electron chi connectivity index (χ2n) is 3.93. The van der Waals surface area contributed by atoms with Crippen LogP contribution >= 0.6 is 11.3 Å². The first kappa shape index (κ1) is 13.9. The zero-order valence-electron chi connectivity index (χ0n) is 10.5. The van der Waals surface area contributed by atoms with Gasteiger partial charge < -0.3 is 15.7 Å². The summed E-state index contributed by atoms with van der Waals surface area (Å²) in [6.07, 6.45) is 2.96. The number of carboxylic acid groups (broad SMARTS) is 1. The number of urea groups is 1. The molecule has 0 saturated carbocycles. The fraction of sp³-hybridized carbons (Fsp3) is 0.167. The highest BCUT2D eigenvalue weighted by molar-refractivity contribution is 7.09. The quantitative estimate of drug-likeness (QED) is 0.800. The first-order valence-electron chi connectivity index (χ1n) is 5.72. The van der Waals surface area contributed by atoms with Crippen molar-refractivity contribution in [2.24, 2.45) is 0 Å². The van der Waals surface area contributed by atoms with Crippen molar-refractivity contribution >= 4 is 29.0 Å². The predicted molar refractivity (Wildman–Crippen MR) is 73.9 cm³/mol. The molecule has 2 aromatic heterocycles. The van der Waals surface area contributed by atoms with E-state index >= 15 is 0 Å². The largest absolute Gasteiger partial charge is 0.477 e. The molecular weight excluding hydrogens is 280 g/mol. The van der Waals surface area contributed by atoms with Crippen LogP contribution in [0, 0.1) is 0 Å². The molecule has 0 radical (unpaired) electrons. The zero-order valence-corrected chi connectivity index (χ0v) is 11.3. The number of thiazole rings is 1. The van der Waals surface area contributed by atoms with E-state index in [-0.39, 0.29) is 11.7 Å². The molecule has 8 heteroatoms. The molecule has 20 heavy (non-hydrogen) atoms. The molecule has 2 aromatic rings. The molecule has 0 aliphatic heterocycles. The Balaban J connectivity index is 1.92. The lowest BCUT2D eigenvalue weighted by molar-refractivity contribution is 0.0690. The molecule has 2 heterocycles. The highest BCUT2D eigenvalue weighted by atomic mass is 32.1. The van der Waals surface area contributed by atoms with Gasteiger partial charge in [-0.25, -0.2) is 19.6 Å². The van der Waals surface area contributed by atoms with E-state index in [1.165, 1.54) is 29.7 Å². The highest BCUT2D eigenvalue weighted by Crippen LogP contribution is 2.15. The maximum atomic E-state index is 11.7. The van der Waals surface area contributed by atoms with Gasteiger partial charge in [0.05, 0.1) is 17.9 Å². The first-order valence-corrected chi connectivity index (χ1v) is 6.60. The van der Waals surface area contributed by atoms with Crippen LogP contribution in [0.3, 0.4) is 0 Å². The van der Waals surface area contributed by atoms with E-state index in [1.807, 2.05) is 12.3 Å². The molecule has 0 fully saturated rings. The smallest absolute Gasteiger partial charge is 0.354 e. The van der Waals surface area contributed by atoms with E-state index in [4.69, 9.17) is 5.11 Å². The van der Waals surface area contributed by atoms with Crippen molar-refractivity contribution in [3.63, 3.8) is 0 Å². The maximum Gasteiger partial charge on any atom is 0.354 e. The topological polar surface area (TPSA) is 104 Å². The minimum Gasteiger partial charge on any atom is -0.477 e. The van der Waals surface area contributed by atoms with Crippen molar-refractivity contribution in [3.05, 3.63) is 40.6 Å². The molecule has 0 aliphatic carbocycles. The lowest BCUT2D eigenvalue weighted by Crippen LogP contribution is -2.31. The number of anilines is 1. The van der Waals surface area contributed by atoms with E-state index in [9.17, 15) is 9.59 Å². The fourth-order valence-electron chi connectivity index (χ4n) is 1.47. The molecule has 0 aliphatic rings. The lowest BCUT2D eigenvalue weighted by atomic mass is 10.3. The van der Waals surface area contributed by atoms with Crippen LogP contribution in [0.5, 0.6) is 0 Å². The Kier molecular flexibility index (Phi) is 4.26. The number of hydrogen-bond acceptors (Lipinski definition) is 5. The molecule has 0 bridgehead atoms. The Morgan fingerprint density at radius 3 is 2.70 bits per heavy atom. The van der Waals surface area contributed by atoms with Gasteiger partial charge in [0.1, 0.15) is 10.7 Å². The van der Waals surface area contributed by atoms with Crippen LogP contribution in [0.1, 0.15) is 28.5 Å². The number of carboxylic acids is 1. The number of aromatic carboxylic acids is 1. The third-order valence-corrected chi connectivity index (χ3v) is 3.37. The summed E-state index contributed by atoms with van der Waals surface area (Å²) in [5.41, 5.74) is 0.339. The van der Waals surface area contributed by atoms with Gasteiger partial charge in [0.2, 0.25) is 0 Å². The van der Waals surface area contributed by atoms with Crippen molar-refractivity contribution in [3.8, 4) is 0 Å². The van der Waals surface area contributed by atoms with Gasteiger partial charge in [-0.05, 0) is 19.1 Å². The second-order valence-corrected chi connectivity index (χ2v) is 4.85. The third kappa shape index (κ3) is 3.51. The number of carbonyl (C=O) groups is 2. The third-order valence-electron chi connectivity index (χ3n) is 2.41. The highest BCUT2D eigenvalue weighted by Gasteiger charge is 2.12. The lowest BCUT2D eigenvalue weighted by Gasteiger charge is -2.12. The number of amides is 2. The molecule has 1 unspecified atom stereocenters. The molecule has 104 valence electrons. The van der Waals surface area contributed by atoms with Crippen LogP contribution in [0.2, 0.25) is 0 Å². The van der Waals surface area contributed by atoms with E-state index in [0.717, 1.165) is 5.01 Å². The number of pyridine rings is 1. The van der Waals surface area contributed by atoms with Crippen LogP contribution in [0.4, 0.5) is 10.5 Å². The Labute approximate surface area is 118 Å². The number of nitrogens with zero attached hydrogens (tertiary/aromatic N) is 2. The van der Waals surface area contributed by atoms with Gasteiger partial charge in [-0.1, -0.05) is 0 Å². The van der Waals surface area contributed by atoms with Crippen molar-refractivity contribution < 1.29 is 14.7 Å². The Morgan fingerprint density at radius 2 is 2.15 bits per heavy atom. The van der Waals surface area contributed by atoms with Crippen LogP contribution in [0.15, 0.2) is 29.9 Å². The monoisotopic (exact) mass is 292 g/mol. The van der Waals surface area contributed by atoms with Crippen molar-refractivity contribution in [2.75, 3.05) is 5.32 Å². The van der Waals surface area contributed by atoms with Gasteiger partial charge in [0, 0.05) is 11.6 Å². The second kappa shape index (κ2) is 6.11. The zero-order chi connectivity index (χ0) is 14.5. The average Bonchev–Trinajstić information content (AvgIpc) is 2.93. The molecule has 3 N–H and O–H groups in total. The van der Waals surface area contributed by atoms with Gasteiger partial charge >= 0.3 is 12.0 Å². The number of aromatic nitrogens is 2. The van der Waals surface area contributed by atoms with Gasteiger partial charge in [-0.3, -0.25) is 0 Å². The number of rotatable bonds is 4. The van der Waals surface area contributed by atoms with Crippen LogP contribution < -0.4 is 10.6 Å². The normalized spacial score (nSPS) is 11.7. The van der Waals surface area contributed by atoms with Gasteiger partial charge in [0.25, 0.3) is 0 Å². The van der Waals surface area contributed by atoms with E-state index in [1.54, 1.807) is 6.20 Å². The average molecular weight is 292 g/mol. The molecule has 0 saturated heterocycles. The summed E-state index contributed by atoms with van der Waals surface area (Å²) < 4.78 is 0. The molecule has 2 rings (SSSR count). The standard InChI is InChI=1S/C12H12N4O3S/c1-7(10-13-4-5-20-10)15-12(19)16-8-2-3-9(11(17)18)14-6-8/h2-7H,1H3,(H,17,18)(H2,15,16,19). The van der Waals surface area contributed by atoms with Crippen LogP contribution in [-0.2, 0) is 0 Å². The van der Waals surface area contributed by atoms with E-state index < -0.39 is 12.0 Å². The first-order chi connectivity index (χ1) is 9.56. The van der Waals surface area contributed by atoms with E-state index in [2.05, 4.69) is 20.6 Å². The van der Waals surface area contributed by atoms with Gasteiger partial charge in [-0.2, -0.15) is 0 Å². The van der Waals surface area contributed by atoms with Crippen molar-refractivity contribution in [2.45, 2.75) is 13.0 Å². The number of carbonyl (C=O) groups excluding carboxylic acids is 1. The van der Waals surface area contributed by atoms with Crippen LogP contribution in [0.25, 0.3) is 0 Å². The Hall–Kier alpha value is -2.48. The SMILES string of the molecule is CC(NC(=O)Nc1ccc(C(=O)O)nc1)c1nccs1. The summed E-state index contributed by atoms with van der Waals surface area (Å²) in [6, 6.07) is 2.19. The molecule has 0 spiro atoms. The minimum atomic E-state index is -1.11. The Morgan fingerprint density at radius 1 is 1.35 bits per heavy atom. The summed E-state index contributed by atoms with van der Waals surface area (Å²) in [6.45, 7) is 1.82. The van der Waals surface area contributed by atoms with Gasteiger partial charge in [0.15, 0.2) is 0 Å². The Bertz CT molecular complexity index is 598. The summed E-state index contributed by atoms with van der Waals surface area (Å²) in [5, 5.41) is 16.6. The minimum absolute atomic E-state index is 0.0767. The summed E-state index contributed by atoms with van der Waals surface area (Å²) in [7, 11) is 0. The number of hydrogen-bond donors (Lipinski definition) is 3. The molecule has 1 atom stereocenters. The maximum absolute atomic E-state index is 11.7. The summed E-state index contributed by atoms with van der Waals surface area (Å²) in [4.78, 5) is 30.2. The van der Waals surface area contributed by atoms with E-state index in [0.29, 0.717) is 5.69 Å². The summed E-state index contributed by atoms with van der Waals surface area (Å²) in [5.74, 6) is -1.11.